The van der Waals surface area contributed by atoms with E-state index in [2.05, 4.69) is 18.2 Å². The fourth-order valence-electron chi connectivity index (χ4n) is 5.19. The van der Waals surface area contributed by atoms with Crippen molar-refractivity contribution in [2.45, 2.75) is 63.7 Å². The van der Waals surface area contributed by atoms with Gasteiger partial charge in [-0.1, -0.05) is 49.4 Å². The highest BCUT2D eigenvalue weighted by Crippen LogP contribution is 2.37. The summed E-state index contributed by atoms with van der Waals surface area (Å²) in [6.07, 6.45) is 6.60. The molecular weight excluding hydrogens is 412 g/mol. The fourth-order valence-corrected chi connectivity index (χ4v) is 5.19. The standard InChI is InChI=1S/C30H31F2N/c1-21(25-5-3-2-4-6-25)17-28-29(31)18-24(19-30(28)32)8-7-22-9-13-26(14-10-22)27-15-11-23(20-33)12-16-27/h2-6,11-12,15-16,18-19,21-22,26H,7-10,13-14,17H2,1H3. The van der Waals surface area contributed by atoms with Gasteiger partial charge in [-0.05, 0) is 104 Å². The number of rotatable bonds is 7. The molecule has 0 bridgehead atoms. The molecule has 0 radical (unpaired) electrons. The van der Waals surface area contributed by atoms with Crippen molar-refractivity contribution in [2.24, 2.45) is 5.92 Å². The summed E-state index contributed by atoms with van der Waals surface area (Å²) in [6.45, 7) is 2.01. The molecule has 1 aliphatic rings. The SMILES string of the molecule is CC(Cc1c(F)cc(CCC2CCC(c3ccc(C#N)cc3)CC2)cc1F)c1ccccc1. The van der Waals surface area contributed by atoms with Gasteiger partial charge in [0.25, 0.3) is 0 Å². The Morgan fingerprint density at radius 1 is 0.909 bits per heavy atom. The zero-order valence-corrected chi connectivity index (χ0v) is 19.2. The second-order valence-electron chi connectivity index (χ2n) is 9.54. The summed E-state index contributed by atoms with van der Waals surface area (Å²) in [5.41, 5.74) is 4.06. The van der Waals surface area contributed by atoms with E-state index < -0.39 is 11.6 Å². The van der Waals surface area contributed by atoms with E-state index in [9.17, 15) is 8.78 Å². The molecule has 1 fully saturated rings. The molecule has 1 unspecified atom stereocenters. The Labute approximate surface area is 196 Å². The third-order valence-electron chi connectivity index (χ3n) is 7.28. The number of nitriles is 1. The quantitative estimate of drug-likeness (QED) is 0.362. The Morgan fingerprint density at radius 2 is 1.55 bits per heavy atom. The van der Waals surface area contributed by atoms with E-state index in [1.165, 1.54) is 5.56 Å². The molecule has 0 aliphatic heterocycles. The maximum absolute atomic E-state index is 14.8. The summed E-state index contributed by atoms with van der Waals surface area (Å²) < 4.78 is 29.6. The lowest BCUT2D eigenvalue weighted by Crippen LogP contribution is -2.14. The van der Waals surface area contributed by atoms with Crippen LogP contribution in [0.15, 0.2) is 66.7 Å². The molecule has 3 aromatic rings. The number of hydrogen-bond acceptors (Lipinski definition) is 1. The summed E-state index contributed by atoms with van der Waals surface area (Å²) in [5.74, 6) is 0.375. The maximum atomic E-state index is 14.8. The third-order valence-corrected chi connectivity index (χ3v) is 7.28. The molecule has 0 aromatic heterocycles. The van der Waals surface area contributed by atoms with Crippen LogP contribution in [0.5, 0.6) is 0 Å². The molecule has 1 nitrogen and oxygen atoms in total. The zero-order chi connectivity index (χ0) is 23.2. The minimum Gasteiger partial charge on any atom is -0.207 e. The van der Waals surface area contributed by atoms with Gasteiger partial charge in [0.1, 0.15) is 11.6 Å². The van der Waals surface area contributed by atoms with Crippen molar-refractivity contribution in [3.05, 3.63) is 106 Å². The number of benzene rings is 3. The van der Waals surface area contributed by atoms with Crippen molar-refractivity contribution in [3.63, 3.8) is 0 Å². The van der Waals surface area contributed by atoms with E-state index in [1.807, 2.05) is 49.4 Å². The molecule has 33 heavy (non-hydrogen) atoms. The number of hydrogen-bond donors (Lipinski definition) is 0. The number of halogens is 2. The van der Waals surface area contributed by atoms with Crippen LogP contribution in [0.25, 0.3) is 0 Å². The Morgan fingerprint density at radius 3 is 2.15 bits per heavy atom. The third kappa shape index (κ3) is 5.88. The van der Waals surface area contributed by atoms with E-state index >= 15 is 0 Å². The van der Waals surface area contributed by atoms with Crippen LogP contribution in [-0.4, -0.2) is 0 Å². The Bertz CT molecular complexity index is 1070. The monoisotopic (exact) mass is 443 g/mol. The van der Waals surface area contributed by atoms with Crippen LogP contribution in [0.3, 0.4) is 0 Å². The molecule has 4 rings (SSSR count). The summed E-state index contributed by atoms with van der Waals surface area (Å²) >= 11 is 0. The lowest BCUT2D eigenvalue weighted by atomic mass is 9.77. The highest BCUT2D eigenvalue weighted by Gasteiger charge is 2.23. The maximum Gasteiger partial charge on any atom is 0.129 e. The van der Waals surface area contributed by atoms with Crippen LogP contribution in [0.1, 0.15) is 78.7 Å². The molecule has 1 aliphatic carbocycles. The van der Waals surface area contributed by atoms with Crippen LogP contribution in [-0.2, 0) is 12.8 Å². The van der Waals surface area contributed by atoms with Gasteiger partial charge in [-0.3, -0.25) is 0 Å². The second kappa shape index (κ2) is 10.8. The van der Waals surface area contributed by atoms with Crippen LogP contribution in [0.2, 0.25) is 0 Å². The first-order valence-electron chi connectivity index (χ1n) is 12.0. The molecule has 0 saturated heterocycles. The molecule has 0 heterocycles. The predicted molar refractivity (Wildman–Crippen MR) is 129 cm³/mol. The van der Waals surface area contributed by atoms with Crippen LogP contribution in [0, 0.1) is 28.9 Å². The van der Waals surface area contributed by atoms with Gasteiger partial charge in [0.15, 0.2) is 0 Å². The van der Waals surface area contributed by atoms with Crippen molar-refractivity contribution in [1.29, 1.82) is 5.26 Å². The normalized spacial score (nSPS) is 19.1. The molecule has 0 spiro atoms. The first kappa shape index (κ1) is 23.2. The van der Waals surface area contributed by atoms with Crippen LogP contribution >= 0.6 is 0 Å². The molecule has 0 N–H and O–H groups in total. The van der Waals surface area contributed by atoms with E-state index in [-0.39, 0.29) is 11.5 Å². The zero-order valence-electron chi connectivity index (χ0n) is 19.2. The molecular formula is C30H31F2N. The fraction of sp³-hybridized carbons (Fsp3) is 0.367. The van der Waals surface area contributed by atoms with Crippen molar-refractivity contribution in [1.82, 2.24) is 0 Å². The largest absolute Gasteiger partial charge is 0.207 e. The molecule has 170 valence electrons. The summed E-state index contributed by atoms with van der Waals surface area (Å²) in [7, 11) is 0. The highest BCUT2D eigenvalue weighted by molar-refractivity contribution is 5.33. The van der Waals surface area contributed by atoms with E-state index in [4.69, 9.17) is 5.26 Å². The highest BCUT2D eigenvalue weighted by atomic mass is 19.1. The molecule has 3 aromatic carbocycles. The summed E-state index contributed by atoms with van der Waals surface area (Å²) in [5, 5.41) is 8.96. The number of nitrogens with zero attached hydrogens (tertiary/aromatic N) is 1. The minimum atomic E-state index is -0.419. The van der Waals surface area contributed by atoms with Gasteiger partial charge >= 0.3 is 0 Å². The Kier molecular flexibility index (Phi) is 7.55. The van der Waals surface area contributed by atoms with Gasteiger partial charge in [0, 0.05) is 5.56 Å². The van der Waals surface area contributed by atoms with Gasteiger partial charge in [-0.2, -0.15) is 5.26 Å². The average Bonchev–Trinajstić information content (AvgIpc) is 2.86. The topological polar surface area (TPSA) is 23.8 Å². The van der Waals surface area contributed by atoms with Crippen molar-refractivity contribution in [2.75, 3.05) is 0 Å². The van der Waals surface area contributed by atoms with E-state index in [0.717, 1.165) is 43.2 Å². The summed E-state index contributed by atoms with van der Waals surface area (Å²) in [4.78, 5) is 0. The summed E-state index contributed by atoms with van der Waals surface area (Å²) in [6, 6.07) is 23.1. The molecule has 1 saturated carbocycles. The van der Waals surface area contributed by atoms with E-state index in [1.54, 1.807) is 12.1 Å². The predicted octanol–water partition coefficient (Wildman–Crippen LogP) is 8.09. The first-order valence-corrected chi connectivity index (χ1v) is 12.0. The molecule has 0 amide bonds. The Hall–Kier alpha value is -2.99. The number of aryl methyl sites for hydroxylation is 1. The first-order chi connectivity index (χ1) is 16.0. The lowest BCUT2D eigenvalue weighted by Gasteiger charge is -2.29. The second-order valence-corrected chi connectivity index (χ2v) is 9.54. The van der Waals surface area contributed by atoms with E-state index in [0.29, 0.717) is 30.2 Å². The van der Waals surface area contributed by atoms with Crippen molar-refractivity contribution in [3.8, 4) is 6.07 Å². The van der Waals surface area contributed by atoms with Gasteiger partial charge in [0.2, 0.25) is 0 Å². The van der Waals surface area contributed by atoms with Gasteiger partial charge < -0.3 is 0 Å². The lowest BCUT2D eigenvalue weighted by molar-refractivity contribution is 0.310. The van der Waals surface area contributed by atoms with Gasteiger partial charge in [-0.15, -0.1) is 0 Å². The molecule has 1 atom stereocenters. The molecule has 3 heteroatoms. The van der Waals surface area contributed by atoms with Gasteiger partial charge in [-0.25, -0.2) is 8.78 Å². The van der Waals surface area contributed by atoms with Crippen LogP contribution in [0.4, 0.5) is 8.78 Å². The van der Waals surface area contributed by atoms with Crippen molar-refractivity contribution >= 4 is 0 Å². The smallest absolute Gasteiger partial charge is 0.129 e. The van der Waals surface area contributed by atoms with Gasteiger partial charge in [0.05, 0.1) is 11.6 Å². The van der Waals surface area contributed by atoms with Crippen LogP contribution < -0.4 is 0 Å². The Balaban J connectivity index is 1.30. The van der Waals surface area contributed by atoms with Crippen molar-refractivity contribution < 1.29 is 8.78 Å². The average molecular weight is 444 g/mol. The minimum absolute atomic E-state index is 0.0624.